The Morgan fingerprint density at radius 1 is 1.05 bits per heavy atom. The van der Waals surface area contributed by atoms with Crippen LogP contribution in [0.2, 0.25) is 0 Å². The highest BCUT2D eigenvalue weighted by Gasteiger charge is 2.31. The first-order valence-electron chi connectivity index (χ1n) is 13.1. The zero-order valence-corrected chi connectivity index (χ0v) is 23.2. The van der Waals surface area contributed by atoms with Crippen LogP contribution in [-0.4, -0.2) is 37.7 Å². The van der Waals surface area contributed by atoms with E-state index in [1.54, 1.807) is 44.5 Å². The quantitative estimate of drug-likeness (QED) is 0.258. The second-order valence-corrected chi connectivity index (χ2v) is 10.00. The van der Waals surface area contributed by atoms with Gasteiger partial charge in [-0.1, -0.05) is 24.3 Å². The molecule has 5 rings (SSSR count). The van der Waals surface area contributed by atoms with Gasteiger partial charge in [0.05, 0.1) is 36.8 Å². The maximum Gasteiger partial charge on any atom is 0.339 e. The summed E-state index contributed by atoms with van der Waals surface area (Å²) in [6.07, 6.45) is 3.80. The zero-order chi connectivity index (χ0) is 28.6. The van der Waals surface area contributed by atoms with E-state index in [2.05, 4.69) is 10.5 Å². The van der Waals surface area contributed by atoms with Crippen LogP contribution >= 0.6 is 0 Å². The number of furan rings is 2. The molecular formula is C31H31N3O6. The minimum atomic E-state index is -0.537. The van der Waals surface area contributed by atoms with Gasteiger partial charge in [0, 0.05) is 35.5 Å². The standard InChI is InChI=1S/C31H31N3O6/c1-17-13-14-21-20(16-39-28(21)18(17)2)15-26(35)33-32-23-10-8-12-25-27(23)19(3)29(40-25)30(36)34(4)24-11-7-6-9-22(24)31(37)38-5/h6-7,9,11,13-14,16H,8,10,12,15H2,1-5H3,(H,33,35)/b32-23+. The van der Waals surface area contributed by atoms with Crippen LogP contribution in [0.1, 0.15) is 67.3 Å². The number of ether oxygens (including phenoxy) is 1. The second-order valence-electron chi connectivity index (χ2n) is 10.00. The van der Waals surface area contributed by atoms with E-state index < -0.39 is 11.9 Å². The first-order chi connectivity index (χ1) is 19.2. The third kappa shape index (κ3) is 4.79. The molecule has 0 fully saturated rings. The molecule has 2 aromatic carbocycles. The number of hydrazone groups is 1. The second kappa shape index (κ2) is 10.8. The number of fused-ring (bicyclic) bond motifs is 2. The number of hydrogen-bond acceptors (Lipinski definition) is 7. The predicted octanol–water partition coefficient (Wildman–Crippen LogP) is 5.41. The van der Waals surface area contributed by atoms with Gasteiger partial charge in [-0.2, -0.15) is 5.10 Å². The first kappa shape index (κ1) is 26.9. The summed E-state index contributed by atoms with van der Waals surface area (Å²) in [6, 6.07) is 10.7. The van der Waals surface area contributed by atoms with Crippen molar-refractivity contribution in [3.05, 3.63) is 87.6 Å². The number of hydrogen-bond donors (Lipinski definition) is 1. The molecule has 9 heteroatoms. The smallest absolute Gasteiger partial charge is 0.339 e. The van der Waals surface area contributed by atoms with E-state index in [-0.39, 0.29) is 23.7 Å². The van der Waals surface area contributed by atoms with Crippen LogP contribution in [0, 0.1) is 20.8 Å². The molecule has 4 aromatic rings. The average Bonchev–Trinajstić information content (AvgIpc) is 3.53. The Balaban J connectivity index is 1.37. The van der Waals surface area contributed by atoms with Crippen molar-refractivity contribution in [1.29, 1.82) is 0 Å². The Morgan fingerprint density at radius 3 is 2.60 bits per heavy atom. The molecule has 0 bridgehead atoms. The molecular weight excluding hydrogens is 510 g/mol. The molecule has 40 heavy (non-hydrogen) atoms. The SMILES string of the molecule is COC(=O)c1ccccc1N(C)C(=O)c1oc2c(c1C)/C(=N/NC(=O)Cc1coc3c(C)c(C)ccc13)CCC2. The van der Waals surface area contributed by atoms with Crippen molar-refractivity contribution in [3.8, 4) is 0 Å². The van der Waals surface area contributed by atoms with Gasteiger partial charge in [0.2, 0.25) is 5.91 Å². The van der Waals surface area contributed by atoms with Crippen LogP contribution in [-0.2, 0) is 22.4 Å². The molecule has 2 aromatic heterocycles. The Kier molecular flexibility index (Phi) is 7.30. The number of nitrogens with one attached hydrogen (secondary N) is 1. The third-order valence-electron chi connectivity index (χ3n) is 7.50. The molecule has 0 saturated carbocycles. The van der Waals surface area contributed by atoms with Crippen LogP contribution in [0.4, 0.5) is 5.69 Å². The zero-order valence-electron chi connectivity index (χ0n) is 23.2. The lowest BCUT2D eigenvalue weighted by Gasteiger charge is -2.19. The van der Waals surface area contributed by atoms with Crippen molar-refractivity contribution >= 4 is 40.2 Å². The van der Waals surface area contributed by atoms with Gasteiger partial charge in [-0.05, 0) is 56.9 Å². The Labute approximate surface area is 231 Å². The molecule has 0 atom stereocenters. The molecule has 0 unspecified atom stereocenters. The molecule has 0 saturated heterocycles. The van der Waals surface area contributed by atoms with Gasteiger partial charge < -0.3 is 18.5 Å². The minimum Gasteiger partial charge on any atom is -0.465 e. The van der Waals surface area contributed by atoms with Gasteiger partial charge in [0.25, 0.3) is 5.91 Å². The molecule has 2 amide bonds. The van der Waals surface area contributed by atoms with Gasteiger partial charge in [-0.25, -0.2) is 10.2 Å². The monoisotopic (exact) mass is 541 g/mol. The topological polar surface area (TPSA) is 114 Å². The number of aryl methyl sites for hydroxylation is 3. The summed E-state index contributed by atoms with van der Waals surface area (Å²) in [4.78, 5) is 40.0. The van der Waals surface area contributed by atoms with Gasteiger partial charge in [-0.3, -0.25) is 9.59 Å². The molecule has 1 aliphatic carbocycles. The highest BCUT2D eigenvalue weighted by molar-refractivity contribution is 6.11. The van der Waals surface area contributed by atoms with E-state index in [1.165, 1.54) is 12.0 Å². The number of anilines is 1. The Hall–Kier alpha value is -4.66. The van der Waals surface area contributed by atoms with Crippen molar-refractivity contribution in [1.82, 2.24) is 5.43 Å². The van der Waals surface area contributed by atoms with E-state index in [1.807, 2.05) is 26.0 Å². The van der Waals surface area contributed by atoms with Crippen LogP contribution in [0.15, 0.2) is 56.6 Å². The van der Waals surface area contributed by atoms with Crippen molar-refractivity contribution in [3.63, 3.8) is 0 Å². The molecule has 0 radical (unpaired) electrons. The van der Waals surface area contributed by atoms with Crippen LogP contribution in [0.25, 0.3) is 11.0 Å². The van der Waals surface area contributed by atoms with Gasteiger partial charge >= 0.3 is 5.97 Å². The Morgan fingerprint density at radius 2 is 1.82 bits per heavy atom. The average molecular weight is 542 g/mol. The number of amides is 2. The fraction of sp³-hybridized carbons (Fsp3) is 0.290. The number of rotatable bonds is 6. The number of nitrogens with zero attached hydrogens (tertiary/aromatic N) is 2. The van der Waals surface area contributed by atoms with Crippen molar-refractivity contribution in [2.45, 2.75) is 46.5 Å². The molecule has 1 aliphatic rings. The van der Waals surface area contributed by atoms with E-state index in [9.17, 15) is 14.4 Å². The number of carbonyl (C=O) groups excluding carboxylic acids is 3. The van der Waals surface area contributed by atoms with Crippen LogP contribution in [0.3, 0.4) is 0 Å². The normalized spacial score (nSPS) is 13.8. The lowest BCUT2D eigenvalue weighted by atomic mass is 9.93. The van der Waals surface area contributed by atoms with Crippen molar-refractivity contribution in [2.24, 2.45) is 5.10 Å². The van der Waals surface area contributed by atoms with Gasteiger partial charge in [0.15, 0.2) is 5.76 Å². The van der Waals surface area contributed by atoms with E-state index in [0.717, 1.165) is 39.6 Å². The first-order valence-corrected chi connectivity index (χ1v) is 13.1. The number of carbonyl (C=O) groups is 3. The van der Waals surface area contributed by atoms with Crippen LogP contribution < -0.4 is 10.3 Å². The molecule has 0 spiro atoms. The summed E-state index contributed by atoms with van der Waals surface area (Å²) in [5.41, 5.74) is 9.17. The van der Waals surface area contributed by atoms with Gasteiger partial charge in [0.1, 0.15) is 11.3 Å². The Bertz CT molecular complexity index is 1680. The fourth-order valence-electron chi connectivity index (χ4n) is 5.16. The predicted molar refractivity (Wildman–Crippen MR) is 151 cm³/mol. The highest BCUT2D eigenvalue weighted by Crippen LogP contribution is 2.32. The van der Waals surface area contributed by atoms with Gasteiger partial charge in [-0.15, -0.1) is 0 Å². The number of esters is 1. The molecule has 1 N–H and O–H groups in total. The molecule has 206 valence electrons. The number of benzene rings is 2. The van der Waals surface area contributed by atoms with E-state index >= 15 is 0 Å². The summed E-state index contributed by atoms with van der Waals surface area (Å²) >= 11 is 0. The molecule has 9 nitrogen and oxygen atoms in total. The van der Waals surface area contributed by atoms with E-state index in [0.29, 0.717) is 35.6 Å². The summed E-state index contributed by atoms with van der Waals surface area (Å²) in [7, 11) is 2.88. The largest absolute Gasteiger partial charge is 0.465 e. The summed E-state index contributed by atoms with van der Waals surface area (Å²) < 4.78 is 16.6. The minimum absolute atomic E-state index is 0.123. The number of methoxy groups -OCH3 is 1. The van der Waals surface area contributed by atoms with E-state index in [4.69, 9.17) is 13.6 Å². The van der Waals surface area contributed by atoms with Crippen molar-refractivity contribution < 1.29 is 28.0 Å². The number of para-hydroxylation sites is 1. The third-order valence-corrected chi connectivity index (χ3v) is 7.50. The summed E-state index contributed by atoms with van der Waals surface area (Å²) in [5, 5.41) is 5.36. The summed E-state index contributed by atoms with van der Waals surface area (Å²) in [6.45, 7) is 5.83. The molecule has 2 heterocycles. The van der Waals surface area contributed by atoms with Crippen molar-refractivity contribution in [2.75, 3.05) is 19.1 Å². The van der Waals surface area contributed by atoms with Crippen LogP contribution in [0.5, 0.6) is 0 Å². The fourth-order valence-corrected chi connectivity index (χ4v) is 5.16. The maximum atomic E-state index is 13.5. The molecule has 0 aliphatic heterocycles. The maximum absolute atomic E-state index is 13.5. The highest BCUT2D eigenvalue weighted by atomic mass is 16.5. The lowest BCUT2D eigenvalue weighted by Crippen LogP contribution is -2.28. The summed E-state index contributed by atoms with van der Waals surface area (Å²) in [5.74, 6) is -0.379. The lowest BCUT2D eigenvalue weighted by molar-refractivity contribution is -0.120.